The molecule has 0 spiro atoms. The highest BCUT2D eigenvalue weighted by molar-refractivity contribution is 7.13. The minimum absolute atomic E-state index is 0.0182. The largest absolute Gasteiger partial charge is 0.347 e. The zero-order chi connectivity index (χ0) is 22.3. The van der Waals surface area contributed by atoms with E-state index in [1.807, 2.05) is 12.3 Å². The zero-order valence-electron chi connectivity index (χ0n) is 18.9. The van der Waals surface area contributed by atoms with E-state index in [1.165, 1.54) is 49.9 Å². The summed E-state index contributed by atoms with van der Waals surface area (Å²) in [4.78, 5) is 43.9. The summed E-state index contributed by atoms with van der Waals surface area (Å²) in [6, 6.07) is 0. The summed E-state index contributed by atoms with van der Waals surface area (Å²) in [5, 5.41) is 8.34. The molecule has 32 heavy (non-hydrogen) atoms. The van der Waals surface area contributed by atoms with Gasteiger partial charge in [0.15, 0.2) is 5.13 Å². The molecule has 4 saturated carbocycles. The molecular formula is C24H34N4O3S. The maximum Gasteiger partial charge on any atom is 0.241 e. The molecule has 8 heteroatoms. The lowest BCUT2D eigenvalue weighted by Gasteiger charge is -2.56. The van der Waals surface area contributed by atoms with Crippen LogP contribution >= 0.6 is 11.3 Å². The van der Waals surface area contributed by atoms with Gasteiger partial charge in [-0.2, -0.15) is 0 Å². The number of hydrogen-bond acceptors (Lipinski definition) is 5. The van der Waals surface area contributed by atoms with Crippen molar-refractivity contribution in [3.05, 3.63) is 11.1 Å². The number of nitrogens with zero attached hydrogens (tertiary/aromatic N) is 2. The Morgan fingerprint density at radius 3 is 2.28 bits per heavy atom. The lowest BCUT2D eigenvalue weighted by atomic mass is 9.49. The van der Waals surface area contributed by atoms with Gasteiger partial charge in [0.05, 0.1) is 12.2 Å². The maximum absolute atomic E-state index is 12.7. The van der Waals surface area contributed by atoms with E-state index in [0.717, 1.165) is 23.4 Å². The quantitative estimate of drug-likeness (QED) is 0.684. The molecule has 0 unspecified atom stereocenters. The average Bonchev–Trinajstić information content (AvgIpc) is 3.15. The van der Waals surface area contributed by atoms with Gasteiger partial charge in [-0.1, -0.05) is 0 Å². The smallest absolute Gasteiger partial charge is 0.241 e. The number of anilines is 1. The Labute approximate surface area is 193 Å². The molecule has 0 aromatic carbocycles. The predicted molar refractivity (Wildman–Crippen MR) is 123 cm³/mol. The SMILES string of the molecule is Cc1csc(NC(=O)C2CCN(C(=O)CNC(=O)CC34CC5CC(CC(C5)C3)C4)CC2)n1. The van der Waals surface area contributed by atoms with Crippen LogP contribution in [0.4, 0.5) is 5.13 Å². The van der Waals surface area contributed by atoms with Crippen LogP contribution in [0.15, 0.2) is 5.38 Å². The second-order valence-corrected chi connectivity index (χ2v) is 11.7. The highest BCUT2D eigenvalue weighted by Gasteiger charge is 2.51. The lowest BCUT2D eigenvalue weighted by Crippen LogP contribution is -2.49. The summed E-state index contributed by atoms with van der Waals surface area (Å²) in [5.41, 5.74) is 1.10. The molecule has 6 rings (SSSR count). The molecule has 4 bridgehead atoms. The Morgan fingerprint density at radius 2 is 1.72 bits per heavy atom. The van der Waals surface area contributed by atoms with Crippen LogP contribution in [0.2, 0.25) is 0 Å². The van der Waals surface area contributed by atoms with Crippen LogP contribution in [0.3, 0.4) is 0 Å². The van der Waals surface area contributed by atoms with Crippen LogP contribution in [0.25, 0.3) is 0 Å². The predicted octanol–water partition coefficient (Wildman–Crippen LogP) is 3.35. The van der Waals surface area contributed by atoms with Gasteiger partial charge in [-0.3, -0.25) is 14.4 Å². The minimum Gasteiger partial charge on any atom is -0.347 e. The van der Waals surface area contributed by atoms with E-state index in [1.54, 1.807) is 4.90 Å². The van der Waals surface area contributed by atoms with Crippen LogP contribution in [-0.2, 0) is 14.4 Å². The van der Waals surface area contributed by atoms with Crippen LogP contribution in [0.5, 0.6) is 0 Å². The van der Waals surface area contributed by atoms with Crippen LogP contribution < -0.4 is 10.6 Å². The van der Waals surface area contributed by atoms with E-state index in [-0.39, 0.29) is 35.6 Å². The van der Waals surface area contributed by atoms with Crippen molar-refractivity contribution >= 4 is 34.2 Å². The topological polar surface area (TPSA) is 91.4 Å². The fourth-order valence-corrected chi connectivity index (χ4v) is 7.90. The molecular weight excluding hydrogens is 424 g/mol. The molecule has 4 aliphatic carbocycles. The van der Waals surface area contributed by atoms with Crippen molar-refractivity contribution in [3.8, 4) is 0 Å². The number of carbonyl (C=O) groups excluding carboxylic acids is 3. The second kappa shape index (κ2) is 8.76. The third kappa shape index (κ3) is 4.70. The fourth-order valence-electron chi connectivity index (χ4n) is 7.21. The highest BCUT2D eigenvalue weighted by Crippen LogP contribution is 2.61. The van der Waals surface area contributed by atoms with Gasteiger partial charge in [0.25, 0.3) is 0 Å². The number of likely N-dealkylation sites (tertiary alicyclic amines) is 1. The second-order valence-electron chi connectivity index (χ2n) is 10.8. The first-order valence-corrected chi connectivity index (χ1v) is 13.0. The first-order chi connectivity index (χ1) is 15.4. The van der Waals surface area contributed by atoms with Crippen molar-refractivity contribution in [1.82, 2.24) is 15.2 Å². The molecule has 5 fully saturated rings. The summed E-state index contributed by atoms with van der Waals surface area (Å²) in [6.45, 7) is 3.08. The summed E-state index contributed by atoms with van der Waals surface area (Å²) in [7, 11) is 0. The maximum atomic E-state index is 12.7. The lowest BCUT2D eigenvalue weighted by molar-refractivity contribution is -0.137. The number of rotatable bonds is 6. The van der Waals surface area contributed by atoms with Crippen molar-refractivity contribution in [1.29, 1.82) is 0 Å². The molecule has 0 atom stereocenters. The van der Waals surface area contributed by atoms with Crippen LogP contribution in [0, 0.1) is 36.0 Å². The Morgan fingerprint density at radius 1 is 1.09 bits per heavy atom. The van der Waals surface area contributed by atoms with E-state index >= 15 is 0 Å². The Kier molecular flexibility index (Phi) is 5.99. The van der Waals surface area contributed by atoms with E-state index < -0.39 is 0 Å². The number of piperidine rings is 1. The molecule has 5 aliphatic rings. The number of hydrogen-bond donors (Lipinski definition) is 2. The number of carbonyl (C=O) groups is 3. The molecule has 0 radical (unpaired) electrons. The first kappa shape index (κ1) is 21.9. The Bertz CT molecular complexity index is 854. The van der Waals surface area contributed by atoms with Gasteiger partial charge in [-0.15, -0.1) is 11.3 Å². The molecule has 7 nitrogen and oxygen atoms in total. The number of thiazole rings is 1. The van der Waals surface area contributed by atoms with E-state index in [2.05, 4.69) is 15.6 Å². The molecule has 1 aromatic rings. The van der Waals surface area contributed by atoms with Crippen LogP contribution in [0.1, 0.15) is 63.5 Å². The summed E-state index contributed by atoms with van der Waals surface area (Å²) in [5.74, 6) is 2.35. The van der Waals surface area contributed by atoms with Crippen molar-refractivity contribution in [2.45, 2.75) is 64.7 Å². The summed E-state index contributed by atoms with van der Waals surface area (Å²) in [6.07, 6.45) is 9.60. The number of aryl methyl sites for hydroxylation is 1. The standard InChI is InChI=1S/C24H34N4O3S/c1-15-14-32-23(26-15)27-22(31)19-2-4-28(5-3-19)21(30)13-25-20(29)12-24-9-16-6-17(10-24)8-18(7-16)11-24/h14,16-19H,2-13H2,1H3,(H,25,29)(H,26,27,31). The van der Waals surface area contributed by atoms with Crippen molar-refractivity contribution in [2.75, 3.05) is 25.0 Å². The molecule has 1 aliphatic heterocycles. The highest BCUT2D eigenvalue weighted by atomic mass is 32.1. The van der Waals surface area contributed by atoms with Crippen molar-refractivity contribution in [3.63, 3.8) is 0 Å². The Balaban J connectivity index is 1.04. The third-order valence-corrected chi connectivity index (χ3v) is 9.08. The third-order valence-electron chi connectivity index (χ3n) is 8.20. The molecule has 3 amide bonds. The van der Waals surface area contributed by atoms with Gasteiger partial charge < -0.3 is 15.5 Å². The molecule has 1 saturated heterocycles. The molecule has 2 N–H and O–H groups in total. The van der Waals surface area contributed by atoms with Gasteiger partial charge in [-0.05, 0) is 81.5 Å². The molecule has 174 valence electrons. The van der Waals surface area contributed by atoms with Crippen molar-refractivity contribution in [2.24, 2.45) is 29.1 Å². The number of amides is 3. The van der Waals surface area contributed by atoms with E-state index in [9.17, 15) is 14.4 Å². The van der Waals surface area contributed by atoms with Gasteiger partial charge in [0.1, 0.15) is 0 Å². The monoisotopic (exact) mass is 458 g/mol. The Hall–Kier alpha value is -1.96. The summed E-state index contributed by atoms with van der Waals surface area (Å²) >= 11 is 1.43. The van der Waals surface area contributed by atoms with Gasteiger partial charge in [-0.25, -0.2) is 4.98 Å². The normalized spacial score (nSPS) is 31.5. The van der Waals surface area contributed by atoms with E-state index in [0.29, 0.717) is 37.5 Å². The zero-order valence-corrected chi connectivity index (χ0v) is 19.7. The van der Waals surface area contributed by atoms with Gasteiger partial charge >= 0.3 is 0 Å². The van der Waals surface area contributed by atoms with Gasteiger partial charge in [0.2, 0.25) is 17.7 Å². The fraction of sp³-hybridized carbons (Fsp3) is 0.750. The molecule has 2 heterocycles. The minimum atomic E-state index is -0.103. The number of nitrogens with one attached hydrogen (secondary N) is 2. The van der Waals surface area contributed by atoms with Crippen LogP contribution in [-0.4, -0.2) is 47.2 Å². The number of aromatic nitrogens is 1. The average molecular weight is 459 g/mol. The van der Waals surface area contributed by atoms with Crippen molar-refractivity contribution < 1.29 is 14.4 Å². The molecule has 1 aromatic heterocycles. The van der Waals surface area contributed by atoms with E-state index in [4.69, 9.17) is 0 Å². The van der Waals surface area contributed by atoms with Gasteiger partial charge in [0, 0.05) is 30.8 Å². The first-order valence-electron chi connectivity index (χ1n) is 12.1. The summed E-state index contributed by atoms with van der Waals surface area (Å²) < 4.78 is 0.